The lowest BCUT2D eigenvalue weighted by Crippen LogP contribution is -2.06. The molecule has 0 radical (unpaired) electrons. The summed E-state index contributed by atoms with van der Waals surface area (Å²) in [6.45, 7) is 0.713. The Hall–Kier alpha value is -2.13. The van der Waals surface area contributed by atoms with Crippen molar-refractivity contribution in [2.75, 3.05) is 0 Å². The predicted octanol–water partition coefficient (Wildman–Crippen LogP) is 4.69. The second-order valence-corrected chi connectivity index (χ2v) is 6.02. The topological polar surface area (TPSA) is 37.9 Å². The molecule has 1 aliphatic rings. The molecule has 112 valence electrons. The molecule has 4 rings (SSSR count). The Kier molecular flexibility index (Phi) is 3.65. The summed E-state index contributed by atoms with van der Waals surface area (Å²) in [6, 6.07) is 16.6. The Morgan fingerprint density at radius 2 is 1.77 bits per heavy atom. The van der Waals surface area contributed by atoms with Crippen LogP contribution in [0.25, 0.3) is 22.4 Å². The van der Waals surface area contributed by atoms with Crippen LogP contribution < -0.4 is 0 Å². The number of imidazole rings is 1. The SMILES string of the molecule is c1ccc2[nH]c(-c3ccc(COC4CCCC4)cc3)nc2c1. The highest BCUT2D eigenvalue weighted by Crippen LogP contribution is 2.23. The van der Waals surface area contributed by atoms with Crippen LogP contribution in [0, 0.1) is 0 Å². The summed E-state index contributed by atoms with van der Waals surface area (Å²) in [5.74, 6) is 0.921. The van der Waals surface area contributed by atoms with Crippen LogP contribution in [0.3, 0.4) is 0 Å². The largest absolute Gasteiger partial charge is 0.374 e. The maximum Gasteiger partial charge on any atom is 0.138 e. The number of benzene rings is 2. The summed E-state index contributed by atoms with van der Waals surface area (Å²) in [5, 5.41) is 0. The Labute approximate surface area is 130 Å². The van der Waals surface area contributed by atoms with Gasteiger partial charge < -0.3 is 9.72 Å². The van der Waals surface area contributed by atoms with E-state index in [0.29, 0.717) is 12.7 Å². The summed E-state index contributed by atoms with van der Waals surface area (Å²) < 4.78 is 5.96. The van der Waals surface area contributed by atoms with Crippen LogP contribution in [0.1, 0.15) is 31.2 Å². The van der Waals surface area contributed by atoms with Crippen molar-refractivity contribution in [3.63, 3.8) is 0 Å². The van der Waals surface area contributed by atoms with Crippen LogP contribution in [0.4, 0.5) is 0 Å². The molecule has 0 atom stereocenters. The lowest BCUT2D eigenvalue weighted by molar-refractivity contribution is 0.0457. The maximum atomic E-state index is 5.96. The van der Waals surface area contributed by atoms with Gasteiger partial charge in [0.25, 0.3) is 0 Å². The van der Waals surface area contributed by atoms with E-state index in [1.54, 1.807) is 0 Å². The van der Waals surface area contributed by atoms with Crippen molar-refractivity contribution >= 4 is 11.0 Å². The molecule has 22 heavy (non-hydrogen) atoms. The number of H-pyrrole nitrogens is 1. The van der Waals surface area contributed by atoms with E-state index in [0.717, 1.165) is 22.4 Å². The minimum absolute atomic E-state index is 0.468. The molecule has 0 unspecified atom stereocenters. The molecule has 1 saturated carbocycles. The number of fused-ring (bicyclic) bond motifs is 1. The van der Waals surface area contributed by atoms with Gasteiger partial charge in [-0.2, -0.15) is 0 Å². The molecule has 2 aromatic carbocycles. The fourth-order valence-corrected chi connectivity index (χ4v) is 3.12. The quantitative estimate of drug-likeness (QED) is 0.757. The van der Waals surface area contributed by atoms with E-state index in [1.807, 2.05) is 18.2 Å². The summed E-state index contributed by atoms with van der Waals surface area (Å²) in [7, 11) is 0. The Morgan fingerprint density at radius 3 is 2.55 bits per heavy atom. The van der Waals surface area contributed by atoms with Gasteiger partial charge in [-0.15, -0.1) is 0 Å². The van der Waals surface area contributed by atoms with Crippen LogP contribution in [0.2, 0.25) is 0 Å². The Bertz CT molecular complexity index is 721. The molecule has 0 saturated heterocycles. The zero-order valence-corrected chi connectivity index (χ0v) is 12.6. The third-order valence-corrected chi connectivity index (χ3v) is 4.40. The van der Waals surface area contributed by atoms with Gasteiger partial charge in [-0.3, -0.25) is 0 Å². The predicted molar refractivity (Wildman–Crippen MR) is 88.6 cm³/mol. The zero-order valence-electron chi connectivity index (χ0n) is 12.6. The molecule has 0 spiro atoms. The van der Waals surface area contributed by atoms with Crippen molar-refractivity contribution in [2.45, 2.75) is 38.4 Å². The van der Waals surface area contributed by atoms with Gasteiger partial charge in [0.15, 0.2) is 0 Å². The monoisotopic (exact) mass is 292 g/mol. The summed E-state index contributed by atoms with van der Waals surface area (Å²) >= 11 is 0. The van der Waals surface area contributed by atoms with Gasteiger partial charge in [0, 0.05) is 5.56 Å². The number of rotatable bonds is 4. The van der Waals surface area contributed by atoms with Gasteiger partial charge in [0.1, 0.15) is 5.82 Å². The Balaban J connectivity index is 1.48. The smallest absolute Gasteiger partial charge is 0.138 e. The van der Waals surface area contributed by atoms with Crippen molar-refractivity contribution in [3.05, 3.63) is 54.1 Å². The molecule has 0 aliphatic heterocycles. The van der Waals surface area contributed by atoms with Crippen molar-refractivity contribution in [2.24, 2.45) is 0 Å². The minimum atomic E-state index is 0.468. The van der Waals surface area contributed by atoms with Gasteiger partial charge in [0.05, 0.1) is 23.7 Å². The molecule has 3 heteroatoms. The zero-order chi connectivity index (χ0) is 14.8. The highest BCUT2D eigenvalue weighted by Gasteiger charge is 2.15. The van der Waals surface area contributed by atoms with Gasteiger partial charge in [-0.1, -0.05) is 49.2 Å². The van der Waals surface area contributed by atoms with Crippen molar-refractivity contribution in [1.82, 2.24) is 9.97 Å². The number of hydrogen-bond donors (Lipinski definition) is 1. The van der Waals surface area contributed by atoms with E-state index in [-0.39, 0.29) is 0 Å². The fraction of sp³-hybridized carbons (Fsp3) is 0.316. The number of nitrogens with one attached hydrogen (secondary N) is 1. The number of para-hydroxylation sites is 2. The molecular weight excluding hydrogens is 272 g/mol. The number of nitrogens with zero attached hydrogens (tertiary/aromatic N) is 1. The second-order valence-electron chi connectivity index (χ2n) is 6.02. The van der Waals surface area contributed by atoms with Crippen LogP contribution >= 0.6 is 0 Å². The highest BCUT2D eigenvalue weighted by molar-refractivity contribution is 5.79. The first-order valence-corrected chi connectivity index (χ1v) is 8.04. The number of aromatic nitrogens is 2. The second kappa shape index (κ2) is 5.93. The van der Waals surface area contributed by atoms with E-state index in [2.05, 4.69) is 40.3 Å². The fourth-order valence-electron chi connectivity index (χ4n) is 3.12. The maximum absolute atomic E-state index is 5.96. The standard InChI is InChI=1S/C19H20N2O/c1-2-6-16(5-1)22-13-14-9-11-15(12-10-14)19-20-17-7-3-4-8-18(17)21-19/h3-4,7-12,16H,1-2,5-6,13H2,(H,20,21). The van der Waals surface area contributed by atoms with Crippen LogP contribution in [0.5, 0.6) is 0 Å². The third kappa shape index (κ3) is 2.77. The molecule has 1 aromatic heterocycles. The lowest BCUT2D eigenvalue weighted by Gasteiger charge is -2.11. The number of ether oxygens (including phenoxy) is 1. The third-order valence-electron chi connectivity index (χ3n) is 4.40. The molecule has 3 nitrogen and oxygen atoms in total. The average Bonchev–Trinajstić information content (AvgIpc) is 3.22. The molecule has 0 bridgehead atoms. The molecular formula is C19H20N2O. The average molecular weight is 292 g/mol. The molecule has 1 heterocycles. The van der Waals surface area contributed by atoms with Gasteiger partial charge in [-0.05, 0) is 30.5 Å². The molecule has 0 amide bonds. The summed E-state index contributed by atoms with van der Waals surface area (Å²) in [6.07, 6.45) is 5.54. The van der Waals surface area contributed by atoms with E-state index in [1.165, 1.54) is 31.2 Å². The van der Waals surface area contributed by atoms with Crippen LogP contribution in [-0.2, 0) is 11.3 Å². The van der Waals surface area contributed by atoms with E-state index >= 15 is 0 Å². The summed E-state index contributed by atoms with van der Waals surface area (Å²) in [5.41, 5.74) is 4.42. The molecule has 1 fully saturated rings. The highest BCUT2D eigenvalue weighted by atomic mass is 16.5. The normalized spacial score (nSPS) is 15.6. The lowest BCUT2D eigenvalue weighted by atomic mass is 10.1. The van der Waals surface area contributed by atoms with Gasteiger partial charge in [-0.25, -0.2) is 4.98 Å². The Morgan fingerprint density at radius 1 is 1.00 bits per heavy atom. The minimum Gasteiger partial charge on any atom is -0.374 e. The number of hydrogen-bond acceptors (Lipinski definition) is 2. The van der Waals surface area contributed by atoms with E-state index < -0.39 is 0 Å². The summed E-state index contributed by atoms with van der Waals surface area (Å²) in [4.78, 5) is 8.00. The van der Waals surface area contributed by atoms with Crippen LogP contribution in [-0.4, -0.2) is 16.1 Å². The van der Waals surface area contributed by atoms with Gasteiger partial charge >= 0.3 is 0 Å². The first-order valence-electron chi connectivity index (χ1n) is 8.04. The first kappa shape index (κ1) is 13.5. The van der Waals surface area contributed by atoms with Crippen molar-refractivity contribution in [3.8, 4) is 11.4 Å². The van der Waals surface area contributed by atoms with Gasteiger partial charge in [0.2, 0.25) is 0 Å². The molecule has 1 N–H and O–H groups in total. The first-order chi connectivity index (χ1) is 10.9. The molecule has 3 aromatic rings. The van der Waals surface area contributed by atoms with Crippen molar-refractivity contribution < 1.29 is 4.74 Å². The van der Waals surface area contributed by atoms with Crippen LogP contribution in [0.15, 0.2) is 48.5 Å². The van der Waals surface area contributed by atoms with E-state index in [9.17, 15) is 0 Å². The van der Waals surface area contributed by atoms with E-state index in [4.69, 9.17) is 4.74 Å². The van der Waals surface area contributed by atoms with Crippen molar-refractivity contribution in [1.29, 1.82) is 0 Å². The molecule has 1 aliphatic carbocycles. The number of aromatic amines is 1.